The molecule has 22 heavy (non-hydrogen) atoms. The third kappa shape index (κ3) is 2.93. The van der Waals surface area contributed by atoms with Crippen molar-refractivity contribution in [2.45, 2.75) is 13.3 Å². The highest BCUT2D eigenvalue weighted by Crippen LogP contribution is 2.29. The summed E-state index contributed by atoms with van der Waals surface area (Å²) in [5.41, 5.74) is 1.86. The second-order valence-electron chi connectivity index (χ2n) is 4.65. The molecule has 0 fully saturated rings. The molecule has 1 aromatic heterocycles. The summed E-state index contributed by atoms with van der Waals surface area (Å²) in [5, 5.41) is 9.21. The molecule has 2 rings (SSSR count). The summed E-state index contributed by atoms with van der Waals surface area (Å²) < 4.78 is 11.2. The van der Waals surface area contributed by atoms with Crippen molar-refractivity contribution in [2.24, 2.45) is 0 Å². The van der Waals surface area contributed by atoms with Crippen LogP contribution in [0.25, 0.3) is 10.9 Å². The van der Waals surface area contributed by atoms with Gasteiger partial charge in [-0.2, -0.15) is 0 Å². The third-order valence-electron chi connectivity index (χ3n) is 3.37. The number of hydrogen-bond donors (Lipinski definition) is 1. The Labute approximate surface area is 126 Å². The number of hydrogen-bond acceptors (Lipinski definition) is 5. The molecular formula is C15H15NO6. The van der Waals surface area contributed by atoms with Crippen LogP contribution in [0.2, 0.25) is 0 Å². The lowest BCUT2D eigenvalue weighted by atomic mass is 10.1. The first kappa shape index (κ1) is 15.6. The summed E-state index contributed by atoms with van der Waals surface area (Å²) in [7, 11) is 1.52. The topological polar surface area (TPSA) is 94.8 Å². The lowest BCUT2D eigenvalue weighted by Crippen LogP contribution is -2.15. The van der Waals surface area contributed by atoms with Gasteiger partial charge in [0, 0.05) is 11.1 Å². The second kappa shape index (κ2) is 6.30. The molecule has 0 aliphatic rings. The van der Waals surface area contributed by atoms with E-state index in [2.05, 4.69) is 4.74 Å². The fraction of sp³-hybridized carbons (Fsp3) is 0.267. The molecule has 1 heterocycles. The first-order valence-corrected chi connectivity index (χ1v) is 6.48. The number of carboxylic acids is 1. The van der Waals surface area contributed by atoms with Crippen molar-refractivity contribution in [3.8, 4) is 5.75 Å². The van der Waals surface area contributed by atoms with E-state index in [0.717, 1.165) is 0 Å². The van der Waals surface area contributed by atoms with E-state index in [-0.39, 0.29) is 6.42 Å². The standard InChI is InChI=1S/C15H15NO6/c1-9-11(6-15(20)22-7-14(18)19)12-5-10(21-2)3-4-13(12)16(9)8-17/h3-5,8H,6-7H2,1-2H3,(H,18,19). The molecule has 0 radical (unpaired) electrons. The number of benzene rings is 1. The number of nitrogens with zero attached hydrogens (tertiary/aromatic N) is 1. The Hall–Kier alpha value is -2.83. The van der Waals surface area contributed by atoms with Crippen molar-refractivity contribution in [3.05, 3.63) is 29.5 Å². The van der Waals surface area contributed by atoms with Gasteiger partial charge in [-0.3, -0.25) is 14.2 Å². The summed E-state index contributed by atoms with van der Waals surface area (Å²) in [5.74, 6) is -1.30. The largest absolute Gasteiger partial charge is 0.497 e. The first-order valence-electron chi connectivity index (χ1n) is 6.48. The molecule has 0 atom stereocenters. The summed E-state index contributed by atoms with van der Waals surface area (Å²) >= 11 is 0. The van der Waals surface area contributed by atoms with E-state index in [9.17, 15) is 14.4 Å². The molecule has 0 aliphatic carbocycles. The Morgan fingerprint density at radius 1 is 1.36 bits per heavy atom. The van der Waals surface area contributed by atoms with Gasteiger partial charge in [-0.25, -0.2) is 4.79 Å². The minimum Gasteiger partial charge on any atom is -0.497 e. The Kier molecular flexibility index (Phi) is 4.45. The van der Waals surface area contributed by atoms with Crippen molar-refractivity contribution in [3.63, 3.8) is 0 Å². The summed E-state index contributed by atoms with van der Waals surface area (Å²) in [4.78, 5) is 33.4. The highest BCUT2D eigenvalue weighted by Gasteiger charge is 2.18. The summed E-state index contributed by atoms with van der Waals surface area (Å²) in [6, 6.07) is 5.16. The molecule has 0 unspecified atom stereocenters. The molecule has 0 saturated heterocycles. The van der Waals surface area contributed by atoms with Crippen LogP contribution in [0.3, 0.4) is 0 Å². The van der Waals surface area contributed by atoms with Gasteiger partial charge in [-0.05, 0) is 30.7 Å². The van der Waals surface area contributed by atoms with Crippen molar-refractivity contribution >= 4 is 29.3 Å². The molecular weight excluding hydrogens is 290 g/mol. The molecule has 0 saturated carbocycles. The second-order valence-corrected chi connectivity index (χ2v) is 4.65. The Balaban J connectivity index is 2.43. The average molecular weight is 305 g/mol. The normalized spacial score (nSPS) is 10.5. The van der Waals surface area contributed by atoms with E-state index in [1.807, 2.05) is 0 Å². The summed E-state index contributed by atoms with van der Waals surface area (Å²) in [6.45, 7) is 1.02. The van der Waals surface area contributed by atoms with Crippen LogP contribution in [-0.4, -0.2) is 41.7 Å². The monoisotopic (exact) mass is 305 g/mol. The molecule has 1 N–H and O–H groups in total. The Bertz CT molecular complexity index is 746. The fourth-order valence-electron chi connectivity index (χ4n) is 2.31. The van der Waals surface area contributed by atoms with E-state index in [1.54, 1.807) is 25.1 Å². The maximum absolute atomic E-state index is 11.8. The van der Waals surface area contributed by atoms with E-state index < -0.39 is 18.5 Å². The SMILES string of the molecule is COc1ccc2c(c1)c(CC(=O)OCC(=O)O)c(C)n2C=O. The Morgan fingerprint density at radius 2 is 2.09 bits per heavy atom. The number of carbonyl (C=O) groups excluding carboxylic acids is 2. The maximum Gasteiger partial charge on any atom is 0.341 e. The minimum absolute atomic E-state index is 0.121. The van der Waals surface area contributed by atoms with Crippen LogP contribution in [0.15, 0.2) is 18.2 Å². The van der Waals surface area contributed by atoms with Crippen molar-refractivity contribution in [2.75, 3.05) is 13.7 Å². The number of ether oxygens (including phenoxy) is 2. The van der Waals surface area contributed by atoms with Gasteiger partial charge in [-0.15, -0.1) is 0 Å². The number of carbonyl (C=O) groups is 3. The van der Waals surface area contributed by atoms with Crippen LogP contribution in [-0.2, 0) is 25.5 Å². The molecule has 1 aromatic carbocycles. The molecule has 0 spiro atoms. The van der Waals surface area contributed by atoms with Gasteiger partial charge in [0.15, 0.2) is 6.61 Å². The molecule has 0 bridgehead atoms. The van der Waals surface area contributed by atoms with Gasteiger partial charge < -0.3 is 14.6 Å². The molecule has 7 nitrogen and oxygen atoms in total. The van der Waals surface area contributed by atoms with Gasteiger partial charge in [0.05, 0.1) is 19.0 Å². The van der Waals surface area contributed by atoms with Gasteiger partial charge in [0.1, 0.15) is 5.75 Å². The number of carboxylic acid groups (broad SMARTS) is 1. The lowest BCUT2D eigenvalue weighted by Gasteiger charge is -2.03. The third-order valence-corrected chi connectivity index (χ3v) is 3.37. The van der Waals surface area contributed by atoms with Crippen LogP contribution in [0.4, 0.5) is 0 Å². The van der Waals surface area contributed by atoms with Crippen LogP contribution in [0.5, 0.6) is 5.75 Å². The van der Waals surface area contributed by atoms with E-state index >= 15 is 0 Å². The van der Waals surface area contributed by atoms with Gasteiger partial charge >= 0.3 is 11.9 Å². The predicted octanol–water partition coefficient (Wildman–Crippen LogP) is 1.17. The highest BCUT2D eigenvalue weighted by molar-refractivity contribution is 5.94. The van der Waals surface area contributed by atoms with Crippen LogP contribution in [0.1, 0.15) is 11.3 Å². The lowest BCUT2D eigenvalue weighted by molar-refractivity contribution is -0.154. The number of methoxy groups -OCH3 is 1. The van der Waals surface area contributed by atoms with Crippen molar-refractivity contribution < 1.29 is 29.0 Å². The van der Waals surface area contributed by atoms with Crippen LogP contribution >= 0.6 is 0 Å². The summed E-state index contributed by atoms with van der Waals surface area (Å²) in [6.07, 6.45) is 0.542. The smallest absolute Gasteiger partial charge is 0.341 e. The zero-order valence-electron chi connectivity index (χ0n) is 12.2. The van der Waals surface area contributed by atoms with E-state index in [1.165, 1.54) is 11.7 Å². The Morgan fingerprint density at radius 3 is 2.68 bits per heavy atom. The van der Waals surface area contributed by atoms with E-state index in [4.69, 9.17) is 9.84 Å². The van der Waals surface area contributed by atoms with Gasteiger partial charge in [0.25, 0.3) is 0 Å². The molecule has 2 aromatic rings. The zero-order valence-corrected chi connectivity index (χ0v) is 12.2. The fourth-order valence-corrected chi connectivity index (χ4v) is 2.31. The zero-order chi connectivity index (χ0) is 16.3. The molecule has 7 heteroatoms. The first-order chi connectivity index (χ1) is 10.5. The number of rotatable bonds is 6. The average Bonchev–Trinajstić information content (AvgIpc) is 2.76. The highest BCUT2D eigenvalue weighted by atomic mass is 16.5. The van der Waals surface area contributed by atoms with Crippen molar-refractivity contribution in [1.82, 2.24) is 4.57 Å². The molecule has 0 amide bonds. The maximum atomic E-state index is 11.8. The number of aliphatic carboxylic acids is 1. The van der Waals surface area contributed by atoms with Crippen molar-refractivity contribution in [1.29, 1.82) is 0 Å². The molecule has 0 aliphatic heterocycles. The van der Waals surface area contributed by atoms with Crippen LogP contribution in [0, 0.1) is 6.92 Å². The van der Waals surface area contributed by atoms with E-state index in [0.29, 0.717) is 34.3 Å². The van der Waals surface area contributed by atoms with Crippen LogP contribution < -0.4 is 4.74 Å². The van der Waals surface area contributed by atoms with Gasteiger partial charge in [-0.1, -0.05) is 0 Å². The predicted molar refractivity (Wildman–Crippen MR) is 77.7 cm³/mol. The number of fused-ring (bicyclic) bond motifs is 1. The number of aromatic nitrogens is 1. The quantitative estimate of drug-likeness (QED) is 0.636. The van der Waals surface area contributed by atoms with Gasteiger partial charge in [0.2, 0.25) is 6.41 Å². The number of esters is 1. The minimum atomic E-state index is -1.22. The molecule has 116 valence electrons.